The van der Waals surface area contributed by atoms with Crippen molar-refractivity contribution in [3.05, 3.63) is 80.4 Å². The summed E-state index contributed by atoms with van der Waals surface area (Å²) in [6.45, 7) is -0.321. The van der Waals surface area contributed by atoms with Crippen LogP contribution in [0.3, 0.4) is 0 Å². The van der Waals surface area contributed by atoms with Gasteiger partial charge in [0.1, 0.15) is 11.6 Å². The van der Waals surface area contributed by atoms with E-state index in [9.17, 15) is 29.4 Å². The molecule has 1 heterocycles. The summed E-state index contributed by atoms with van der Waals surface area (Å²) in [7, 11) is 1.30. The normalized spacial score (nSPS) is 10.4. The molecule has 1 aromatic heterocycles. The van der Waals surface area contributed by atoms with Crippen LogP contribution < -0.4 is 14.8 Å². The van der Waals surface area contributed by atoms with E-state index in [4.69, 9.17) is 9.47 Å². The maximum absolute atomic E-state index is 13.4. The molecular weight excluding hydrogens is 417 g/mol. The van der Waals surface area contributed by atoms with Crippen molar-refractivity contribution in [2.24, 2.45) is 0 Å². The van der Waals surface area contributed by atoms with E-state index in [2.05, 4.69) is 10.4 Å². The maximum Gasteiger partial charge on any atom is 0.311 e. The molecule has 3 aromatic rings. The van der Waals surface area contributed by atoms with Crippen molar-refractivity contribution in [1.29, 1.82) is 0 Å². The molecule has 13 heteroatoms. The maximum atomic E-state index is 13.4. The van der Waals surface area contributed by atoms with Gasteiger partial charge in [-0.2, -0.15) is 5.10 Å². The summed E-state index contributed by atoms with van der Waals surface area (Å²) in [6, 6.07) is 7.83. The van der Waals surface area contributed by atoms with Crippen molar-refractivity contribution >= 4 is 23.0 Å². The van der Waals surface area contributed by atoms with E-state index in [1.165, 1.54) is 36.2 Å². The molecule has 0 saturated carbocycles. The number of non-ortho nitro benzene ring substituents is 1. The number of ether oxygens (including phenoxy) is 2. The van der Waals surface area contributed by atoms with Crippen LogP contribution in [0.15, 0.2) is 48.7 Å². The average Bonchev–Trinajstić information content (AvgIpc) is 3.21. The molecule has 31 heavy (non-hydrogen) atoms. The Morgan fingerprint density at radius 2 is 1.90 bits per heavy atom. The Kier molecular flexibility index (Phi) is 6.05. The molecule has 1 amide bonds. The summed E-state index contributed by atoms with van der Waals surface area (Å²) in [5, 5.41) is 28.4. The van der Waals surface area contributed by atoms with Gasteiger partial charge in [0, 0.05) is 24.4 Å². The Morgan fingerprint density at radius 3 is 2.58 bits per heavy atom. The number of methoxy groups -OCH3 is 1. The minimum atomic E-state index is -0.714. The fourth-order valence-corrected chi connectivity index (χ4v) is 2.53. The third-order valence-corrected chi connectivity index (χ3v) is 3.99. The second-order valence-electron chi connectivity index (χ2n) is 5.98. The van der Waals surface area contributed by atoms with Gasteiger partial charge >= 0.3 is 5.69 Å². The molecule has 0 radical (unpaired) electrons. The second kappa shape index (κ2) is 8.86. The highest BCUT2D eigenvalue weighted by Gasteiger charge is 2.18. The van der Waals surface area contributed by atoms with Gasteiger partial charge in [-0.25, -0.2) is 9.07 Å². The number of nitrogens with zero attached hydrogens (tertiary/aromatic N) is 4. The lowest BCUT2D eigenvalue weighted by Gasteiger charge is -2.09. The number of nitro benzene ring substituents is 2. The van der Waals surface area contributed by atoms with E-state index >= 15 is 0 Å². The Bertz CT molecular complexity index is 1160. The number of anilines is 1. The van der Waals surface area contributed by atoms with Crippen molar-refractivity contribution in [2.45, 2.75) is 6.73 Å². The first-order valence-electron chi connectivity index (χ1n) is 8.52. The number of nitrogens with one attached hydrogen (secondary N) is 1. The fraction of sp³-hybridized carbons (Fsp3) is 0.111. The van der Waals surface area contributed by atoms with Gasteiger partial charge in [-0.05, 0) is 18.2 Å². The molecule has 0 bridgehead atoms. The molecule has 2 aromatic carbocycles. The number of nitro groups is 2. The largest absolute Gasteiger partial charge is 0.494 e. The predicted octanol–water partition coefficient (Wildman–Crippen LogP) is 3.14. The number of amides is 1. The quantitative estimate of drug-likeness (QED) is 0.422. The number of rotatable bonds is 8. The number of hydrogen-bond donors (Lipinski definition) is 1. The smallest absolute Gasteiger partial charge is 0.311 e. The Balaban J connectivity index is 1.70. The van der Waals surface area contributed by atoms with Crippen LogP contribution in [0.4, 0.5) is 21.5 Å². The highest BCUT2D eigenvalue weighted by atomic mass is 19.1. The van der Waals surface area contributed by atoms with Crippen LogP contribution >= 0.6 is 0 Å². The fourth-order valence-electron chi connectivity index (χ4n) is 2.53. The molecule has 0 spiro atoms. The number of carbonyl (C=O) groups excluding carboxylic acids is 1. The van der Waals surface area contributed by atoms with Gasteiger partial charge < -0.3 is 14.8 Å². The summed E-state index contributed by atoms with van der Waals surface area (Å²) in [5.41, 5.74) is -0.462. The van der Waals surface area contributed by atoms with Gasteiger partial charge in [-0.1, -0.05) is 0 Å². The first-order chi connectivity index (χ1) is 14.8. The molecule has 3 rings (SSSR count). The van der Waals surface area contributed by atoms with E-state index in [0.29, 0.717) is 0 Å². The van der Waals surface area contributed by atoms with Crippen LogP contribution in [-0.4, -0.2) is 32.6 Å². The first kappa shape index (κ1) is 21.2. The van der Waals surface area contributed by atoms with Crippen LogP contribution in [0.25, 0.3) is 0 Å². The first-order valence-corrected chi connectivity index (χ1v) is 8.52. The van der Waals surface area contributed by atoms with E-state index in [0.717, 1.165) is 24.3 Å². The van der Waals surface area contributed by atoms with Gasteiger partial charge in [0.2, 0.25) is 5.75 Å². The molecule has 0 atom stereocenters. The number of aromatic nitrogens is 2. The van der Waals surface area contributed by atoms with E-state index < -0.39 is 27.3 Å². The molecule has 160 valence electrons. The van der Waals surface area contributed by atoms with Crippen LogP contribution in [0.1, 0.15) is 10.5 Å². The minimum absolute atomic E-state index is 0.0299. The summed E-state index contributed by atoms with van der Waals surface area (Å²) in [6.07, 6.45) is 1.38. The summed E-state index contributed by atoms with van der Waals surface area (Å²) >= 11 is 0. The van der Waals surface area contributed by atoms with Crippen molar-refractivity contribution in [1.82, 2.24) is 9.78 Å². The number of halogens is 1. The van der Waals surface area contributed by atoms with E-state index in [1.807, 2.05) is 0 Å². The highest BCUT2D eigenvalue weighted by Crippen LogP contribution is 2.29. The van der Waals surface area contributed by atoms with Crippen LogP contribution in [-0.2, 0) is 6.73 Å². The molecule has 1 N–H and O–H groups in total. The van der Waals surface area contributed by atoms with E-state index in [-0.39, 0.29) is 35.3 Å². The summed E-state index contributed by atoms with van der Waals surface area (Å²) in [5.74, 6) is -1.55. The molecular formula is C18H14FN5O7. The zero-order valence-corrected chi connectivity index (χ0v) is 15.9. The highest BCUT2D eigenvalue weighted by molar-refractivity contribution is 6.03. The summed E-state index contributed by atoms with van der Waals surface area (Å²) < 4.78 is 24.8. The topological polar surface area (TPSA) is 152 Å². The van der Waals surface area contributed by atoms with Gasteiger partial charge in [0.05, 0.1) is 28.7 Å². The molecule has 0 saturated heterocycles. The number of carbonyl (C=O) groups is 1. The molecule has 0 aliphatic heterocycles. The van der Waals surface area contributed by atoms with Gasteiger partial charge in [-0.15, -0.1) is 0 Å². The average molecular weight is 431 g/mol. The van der Waals surface area contributed by atoms with Crippen molar-refractivity contribution in [3.63, 3.8) is 0 Å². The van der Waals surface area contributed by atoms with Crippen LogP contribution in [0.2, 0.25) is 0 Å². The lowest BCUT2D eigenvalue weighted by molar-refractivity contribution is -0.386. The lowest BCUT2D eigenvalue weighted by atomic mass is 10.2. The molecule has 0 aliphatic rings. The number of benzene rings is 2. The lowest BCUT2D eigenvalue weighted by Crippen LogP contribution is -2.15. The van der Waals surface area contributed by atoms with Crippen LogP contribution in [0, 0.1) is 26.0 Å². The predicted molar refractivity (Wildman–Crippen MR) is 104 cm³/mol. The molecule has 0 unspecified atom stereocenters. The van der Waals surface area contributed by atoms with Gasteiger partial charge in [0.25, 0.3) is 11.6 Å². The monoisotopic (exact) mass is 431 g/mol. The minimum Gasteiger partial charge on any atom is -0.494 e. The zero-order chi connectivity index (χ0) is 22.5. The number of hydrogen-bond acceptors (Lipinski definition) is 8. The second-order valence-corrected chi connectivity index (χ2v) is 5.98. The summed E-state index contributed by atoms with van der Waals surface area (Å²) in [4.78, 5) is 33.0. The zero-order valence-electron chi connectivity index (χ0n) is 15.9. The van der Waals surface area contributed by atoms with Crippen molar-refractivity contribution in [3.8, 4) is 11.5 Å². The van der Waals surface area contributed by atoms with Crippen LogP contribution in [0.5, 0.6) is 11.5 Å². The Labute approximate surface area is 173 Å². The third-order valence-electron chi connectivity index (χ3n) is 3.99. The Hall–Kier alpha value is -4.55. The van der Waals surface area contributed by atoms with Crippen molar-refractivity contribution in [2.75, 3.05) is 12.4 Å². The van der Waals surface area contributed by atoms with Crippen molar-refractivity contribution < 1.29 is 28.5 Å². The SMILES string of the molecule is COc1cc([N+](=O)[O-])ccc1NC(=O)c1ccn(COc2cc(F)ccc2[N+](=O)[O-])n1. The molecule has 12 nitrogen and oxygen atoms in total. The van der Waals surface area contributed by atoms with Gasteiger partial charge in [0.15, 0.2) is 12.4 Å². The van der Waals surface area contributed by atoms with E-state index in [1.54, 1.807) is 0 Å². The standard InChI is InChI=1S/C18H14FN5O7/c1-30-16-9-12(23(26)27)3-4-13(16)20-18(25)14-6-7-22(21-14)10-31-17-8-11(19)2-5-15(17)24(28)29/h2-9H,10H2,1H3,(H,20,25). The molecule has 0 fully saturated rings. The third kappa shape index (κ3) is 4.90. The van der Waals surface area contributed by atoms with Gasteiger partial charge in [-0.3, -0.25) is 25.0 Å². The Morgan fingerprint density at radius 1 is 1.13 bits per heavy atom. The molecule has 0 aliphatic carbocycles.